The van der Waals surface area contributed by atoms with Gasteiger partial charge in [-0.3, -0.25) is 4.57 Å². The van der Waals surface area contributed by atoms with E-state index in [1.165, 1.54) is 5.56 Å². The van der Waals surface area contributed by atoms with Crippen LogP contribution in [0.25, 0.3) is 28.1 Å². The highest BCUT2D eigenvalue weighted by Gasteiger charge is 2.11. The standard InChI is InChI=1S/C25H24N8/c1-3-26-24-27-13-11-20(31-24)19-9-10-22-21(15-19)29-16-33(22)23-12-14-28-25(32-23)30-17(2)18-7-5-4-6-8-18/h4-17H,3H2,1-2H3,(H,26,27,31)(H,28,30,32)/t17-/m0/s1. The van der Waals surface area contributed by atoms with E-state index in [4.69, 9.17) is 4.98 Å². The molecule has 0 unspecified atom stereocenters. The van der Waals surface area contributed by atoms with Crippen LogP contribution in [0.1, 0.15) is 25.5 Å². The molecule has 0 aliphatic rings. The molecule has 5 aromatic rings. The molecular weight excluding hydrogens is 412 g/mol. The van der Waals surface area contributed by atoms with Gasteiger partial charge < -0.3 is 10.6 Å². The monoisotopic (exact) mass is 436 g/mol. The van der Waals surface area contributed by atoms with Gasteiger partial charge in [0.1, 0.15) is 12.1 Å². The van der Waals surface area contributed by atoms with Crippen molar-refractivity contribution in [1.29, 1.82) is 0 Å². The number of rotatable bonds is 7. The first-order valence-electron chi connectivity index (χ1n) is 10.9. The number of hydrogen-bond acceptors (Lipinski definition) is 7. The Bertz CT molecular complexity index is 1380. The SMILES string of the molecule is CCNc1nccc(-c2ccc3c(c2)ncn3-c2ccnc(N[C@@H](C)c3ccccc3)n2)n1. The van der Waals surface area contributed by atoms with Gasteiger partial charge in [0.15, 0.2) is 0 Å². The van der Waals surface area contributed by atoms with E-state index in [-0.39, 0.29) is 6.04 Å². The minimum absolute atomic E-state index is 0.0866. The smallest absolute Gasteiger partial charge is 0.225 e. The molecular formula is C25H24N8. The van der Waals surface area contributed by atoms with Gasteiger partial charge >= 0.3 is 0 Å². The maximum atomic E-state index is 4.72. The maximum absolute atomic E-state index is 4.72. The van der Waals surface area contributed by atoms with Gasteiger partial charge in [-0.05, 0) is 43.7 Å². The molecule has 0 radical (unpaired) electrons. The highest BCUT2D eigenvalue weighted by atomic mass is 15.2. The Hall–Kier alpha value is -4.33. The topological polar surface area (TPSA) is 93.4 Å². The lowest BCUT2D eigenvalue weighted by Gasteiger charge is -2.14. The van der Waals surface area contributed by atoms with Crippen LogP contribution in [-0.4, -0.2) is 36.0 Å². The van der Waals surface area contributed by atoms with Crippen molar-refractivity contribution in [3.8, 4) is 17.1 Å². The fourth-order valence-corrected chi connectivity index (χ4v) is 3.69. The lowest BCUT2D eigenvalue weighted by Crippen LogP contribution is -2.10. The van der Waals surface area contributed by atoms with Crippen LogP contribution in [0.4, 0.5) is 11.9 Å². The highest BCUT2D eigenvalue weighted by molar-refractivity contribution is 5.82. The predicted octanol–water partition coefficient (Wildman–Crippen LogP) is 4.88. The molecule has 0 aliphatic heterocycles. The van der Waals surface area contributed by atoms with Crippen molar-refractivity contribution in [3.05, 3.63) is 84.9 Å². The number of benzene rings is 2. The molecule has 0 saturated carbocycles. The lowest BCUT2D eigenvalue weighted by molar-refractivity contribution is 0.854. The summed E-state index contributed by atoms with van der Waals surface area (Å²) in [6.45, 7) is 4.88. The quantitative estimate of drug-likeness (QED) is 0.376. The van der Waals surface area contributed by atoms with E-state index in [0.29, 0.717) is 11.9 Å². The summed E-state index contributed by atoms with van der Waals surface area (Å²) >= 11 is 0. The van der Waals surface area contributed by atoms with Crippen LogP contribution in [0.2, 0.25) is 0 Å². The van der Waals surface area contributed by atoms with Gasteiger partial charge in [0, 0.05) is 24.5 Å². The van der Waals surface area contributed by atoms with E-state index in [2.05, 4.69) is 49.6 Å². The molecule has 164 valence electrons. The number of imidazole rings is 1. The van der Waals surface area contributed by atoms with Crippen molar-refractivity contribution < 1.29 is 0 Å². The summed E-state index contributed by atoms with van der Waals surface area (Å²) in [4.78, 5) is 22.5. The van der Waals surface area contributed by atoms with E-state index in [9.17, 15) is 0 Å². The Kier molecular flexibility index (Phi) is 5.63. The molecule has 1 atom stereocenters. The molecule has 3 heterocycles. The summed E-state index contributed by atoms with van der Waals surface area (Å²) < 4.78 is 1.96. The van der Waals surface area contributed by atoms with Crippen molar-refractivity contribution in [3.63, 3.8) is 0 Å². The summed E-state index contributed by atoms with van der Waals surface area (Å²) in [7, 11) is 0. The van der Waals surface area contributed by atoms with E-state index >= 15 is 0 Å². The molecule has 0 amide bonds. The Morgan fingerprint density at radius 3 is 2.55 bits per heavy atom. The molecule has 0 saturated heterocycles. The average molecular weight is 437 g/mol. The predicted molar refractivity (Wildman–Crippen MR) is 130 cm³/mol. The van der Waals surface area contributed by atoms with Gasteiger partial charge in [-0.1, -0.05) is 36.4 Å². The fourth-order valence-electron chi connectivity index (χ4n) is 3.69. The number of aromatic nitrogens is 6. The molecule has 3 aromatic heterocycles. The van der Waals surface area contributed by atoms with E-state index in [1.54, 1.807) is 18.7 Å². The second kappa shape index (κ2) is 9.04. The Labute approximate surface area is 191 Å². The average Bonchev–Trinajstić information content (AvgIpc) is 3.28. The van der Waals surface area contributed by atoms with Gasteiger partial charge in [-0.2, -0.15) is 4.98 Å². The number of nitrogens with one attached hydrogen (secondary N) is 2. The zero-order valence-electron chi connectivity index (χ0n) is 18.5. The molecule has 5 rings (SSSR count). The molecule has 2 N–H and O–H groups in total. The molecule has 2 aromatic carbocycles. The summed E-state index contributed by atoms with van der Waals surface area (Å²) in [6, 6.07) is 20.2. The number of nitrogens with zero attached hydrogens (tertiary/aromatic N) is 6. The summed E-state index contributed by atoms with van der Waals surface area (Å²) in [6.07, 6.45) is 5.30. The minimum Gasteiger partial charge on any atom is -0.354 e. The zero-order valence-corrected chi connectivity index (χ0v) is 18.5. The van der Waals surface area contributed by atoms with Gasteiger partial charge in [-0.25, -0.2) is 19.9 Å². The van der Waals surface area contributed by atoms with Crippen molar-refractivity contribution in [2.75, 3.05) is 17.2 Å². The Morgan fingerprint density at radius 1 is 0.879 bits per heavy atom. The molecule has 0 bridgehead atoms. The van der Waals surface area contributed by atoms with Crippen LogP contribution in [0, 0.1) is 0 Å². The van der Waals surface area contributed by atoms with Crippen molar-refractivity contribution >= 4 is 22.9 Å². The molecule has 8 heteroatoms. The number of hydrogen-bond donors (Lipinski definition) is 2. The van der Waals surface area contributed by atoms with Gasteiger partial charge in [0.2, 0.25) is 11.9 Å². The van der Waals surface area contributed by atoms with Crippen LogP contribution < -0.4 is 10.6 Å². The molecule has 0 spiro atoms. The lowest BCUT2D eigenvalue weighted by atomic mass is 10.1. The largest absolute Gasteiger partial charge is 0.354 e. The van der Waals surface area contributed by atoms with Crippen LogP contribution in [0.15, 0.2) is 79.4 Å². The molecule has 0 aliphatic carbocycles. The second-order valence-corrected chi connectivity index (χ2v) is 7.63. The van der Waals surface area contributed by atoms with Crippen LogP contribution >= 0.6 is 0 Å². The van der Waals surface area contributed by atoms with Crippen molar-refractivity contribution in [1.82, 2.24) is 29.5 Å². The first kappa shape index (κ1) is 20.6. The fraction of sp³-hybridized carbons (Fsp3) is 0.160. The zero-order chi connectivity index (χ0) is 22.6. The summed E-state index contributed by atoms with van der Waals surface area (Å²) in [5, 5.41) is 6.53. The van der Waals surface area contributed by atoms with Crippen molar-refractivity contribution in [2.45, 2.75) is 19.9 Å². The first-order valence-corrected chi connectivity index (χ1v) is 10.9. The highest BCUT2D eigenvalue weighted by Crippen LogP contribution is 2.25. The summed E-state index contributed by atoms with van der Waals surface area (Å²) in [5.74, 6) is 1.94. The molecule has 0 fully saturated rings. The van der Waals surface area contributed by atoms with Gasteiger partial charge in [-0.15, -0.1) is 0 Å². The normalized spacial score (nSPS) is 11.9. The van der Waals surface area contributed by atoms with Crippen LogP contribution in [0.5, 0.6) is 0 Å². The van der Waals surface area contributed by atoms with E-state index in [1.807, 2.05) is 60.0 Å². The van der Waals surface area contributed by atoms with Gasteiger partial charge in [0.25, 0.3) is 0 Å². The third kappa shape index (κ3) is 4.36. The minimum atomic E-state index is 0.0866. The van der Waals surface area contributed by atoms with E-state index < -0.39 is 0 Å². The van der Waals surface area contributed by atoms with Crippen LogP contribution in [-0.2, 0) is 0 Å². The summed E-state index contributed by atoms with van der Waals surface area (Å²) in [5.41, 5.74) is 4.83. The molecule has 33 heavy (non-hydrogen) atoms. The van der Waals surface area contributed by atoms with Crippen LogP contribution in [0.3, 0.4) is 0 Å². The maximum Gasteiger partial charge on any atom is 0.225 e. The third-order valence-corrected chi connectivity index (χ3v) is 5.37. The third-order valence-electron chi connectivity index (χ3n) is 5.37. The first-order chi connectivity index (χ1) is 16.2. The van der Waals surface area contributed by atoms with E-state index in [0.717, 1.165) is 34.7 Å². The van der Waals surface area contributed by atoms with Gasteiger partial charge in [0.05, 0.1) is 22.8 Å². The second-order valence-electron chi connectivity index (χ2n) is 7.63. The molecule has 8 nitrogen and oxygen atoms in total. The number of anilines is 2. The van der Waals surface area contributed by atoms with Crippen molar-refractivity contribution in [2.24, 2.45) is 0 Å². The Morgan fingerprint density at radius 2 is 1.70 bits per heavy atom. The number of fused-ring (bicyclic) bond motifs is 1. The Balaban J connectivity index is 1.43.